The van der Waals surface area contributed by atoms with Crippen LogP contribution in [0.15, 0.2) is 41.7 Å². The molecule has 142 valence electrons. The second-order valence-corrected chi connectivity index (χ2v) is 7.02. The molecule has 0 atom stereocenters. The van der Waals surface area contributed by atoms with E-state index in [1.54, 1.807) is 35.9 Å². The van der Waals surface area contributed by atoms with Gasteiger partial charge in [-0.05, 0) is 18.2 Å². The van der Waals surface area contributed by atoms with Gasteiger partial charge >= 0.3 is 0 Å². The summed E-state index contributed by atoms with van der Waals surface area (Å²) in [4.78, 5) is 30.2. The van der Waals surface area contributed by atoms with Crippen LogP contribution in [0.2, 0.25) is 0 Å². The molecule has 1 aliphatic heterocycles. The molecule has 28 heavy (non-hydrogen) atoms. The quantitative estimate of drug-likeness (QED) is 0.515. The fourth-order valence-corrected chi connectivity index (χ4v) is 3.77. The zero-order chi connectivity index (χ0) is 19.3. The predicted molar refractivity (Wildman–Crippen MR) is 108 cm³/mol. The summed E-state index contributed by atoms with van der Waals surface area (Å²) in [5, 5.41) is 5.75. The summed E-state index contributed by atoms with van der Waals surface area (Å²) in [5.74, 6) is 0.688. The second kappa shape index (κ2) is 6.29. The largest absolute Gasteiger partial charge is 0.368 e. The maximum absolute atomic E-state index is 12.6. The van der Waals surface area contributed by atoms with Gasteiger partial charge in [-0.1, -0.05) is 0 Å². The number of aryl methyl sites for hydroxylation is 1. The fourth-order valence-electron chi connectivity index (χ4n) is 3.77. The lowest BCUT2D eigenvalue weighted by Crippen LogP contribution is -2.48. The average Bonchev–Trinajstić information content (AvgIpc) is 3.11. The molecule has 4 heterocycles. The number of piperazine rings is 1. The van der Waals surface area contributed by atoms with E-state index in [2.05, 4.69) is 37.0 Å². The first-order chi connectivity index (χ1) is 13.6. The Morgan fingerprint density at radius 1 is 1.00 bits per heavy atom. The molecule has 1 fully saturated rings. The summed E-state index contributed by atoms with van der Waals surface area (Å²) in [7, 11) is 3.58. The minimum Gasteiger partial charge on any atom is -0.368 e. The van der Waals surface area contributed by atoms with E-state index in [0.29, 0.717) is 17.0 Å². The zero-order valence-electron chi connectivity index (χ0n) is 15.8. The van der Waals surface area contributed by atoms with Gasteiger partial charge in [-0.3, -0.25) is 14.0 Å². The van der Waals surface area contributed by atoms with Crippen molar-refractivity contribution in [1.82, 2.24) is 29.3 Å². The number of hydrogen-bond donors (Lipinski definition) is 0. The summed E-state index contributed by atoms with van der Waals surface area (Å²) >= 11 is 0. The van der Waals surface area contributed by atoms with Gasteiger partial charge in [0.1, 0.15) is 11.7 Å². The highest BCUT2D eigenvalue weighted by Crippen LogP contribution is 2.23. The molecular formula is C19H20N8O. The Bertz CT molecular complexity index is 1240. The molecule has 0 bridgehead atoms. The second-order valence-electron chi connectivity index (χ2n) is 7.02. The maximum Gasteiger partial charge on any atom is 0.265 e. The van der Waals surface area contributed by atoms with Gasteiger partial charge in [-0.25, -0.2) is 9.97 Å². The number of anilines is 2. The van der Waals surface area contributed by atoms with Crippen LogP contribution >= 0.6 is 0 Å². The molecule has 5 rings (SSSR count). The lowest BCUT2D eigenvalue weighted by atomic mass is 10.2. The molecule has 9 heteroatoms. The van der Waals surface area contributed by atoms with E-state index >= 15 is 0 Å². The zero-order valence-corrected chi connectivity index (χ0v) is 15.8. The van der Waals surface area contributed by atoms with E-state index in [1.165, 1.54) is 0 Å². The van der Waals surface area contributed by atoms with Crippen molar-refractivity contribution < 1.29 is 0 Å². The highest BCUT2D eigenvalue weighted by molar-refractivity contribution is 5.81. The molecule has 1 saturated heterocycles. The Morgan fingerprint density at radius 2 is 1.79 bits per heavy atom. The SMILES string of the molecule is Cn1c(N2CCN(c3ccc4ncncc4c3)CC2)nc2c(cnn2C)c1=O. The highest BCUT2D eigenvalue weighted by Gasteiger charge is 2.22. The molecule has 0 aliphatic carbocycles. The molecule has 0 N–H and O–H groups in total. The van der Waals surface area contributed by atoms with Gasteiger partial charge in [0, 0.05) is 57.5 Å². The lowest BCUT2D eigenvalue weighted by molar-refractivity contribution is 0.622. The molecule has 0 amide bonds. The number of aromatic nitrogens is 6. The highest BCUT2D eigenvalue weighted by atomic mass is 16.1. The number of benzene rings is 1. The minimum absolute atomic E-state index is 0.0648. The number of rotatable bonds is 2. The van der Waals surface area contributed by atoms with Gasteiger partial charge in [0.15, 0.2) is 5.65 Å². The van der Waals surface area contributed by atoms with Gasteiger partial charge in [-0.15, -0.1) is 0 Å². The Hall–Kier alpha value is -3.49. The normalized spacial score (nSPS) is 14.9. The Balaban J connectivity index is 1.41. The summed E-state index contributed by atoms with van der Waals surface area (Å²) in [6.45, 7) is 3.26. The van der Waals surface area contributed by atoms with E-state index in [9.17, 15) is 4.79 Å². The van der Waals surface area contributed by atoms with Crippen LogP contribution in [0.25, 0.3) is 21.9 Å². The molecule has 4 aromatic rings. The molecule has 9 nitrogen and oxygen atoms in total. The summed E-state index contributed by atoms with van der Waals surface area (Å²) in [6, 6.07) is 6.25. The van der Waals surface area contributed by atoms with Gasteiger partial charge in [0.2, 0.25) is 5.95 Å². The van der Waals surface area contributed by atoms with Crippen LogP contribution in [0.5, 0.6) is 0 Å². The van der Waals surface area contributed by atoms with Gasteiger partial charge in [0.05, 0.1) is 11.7 Å². The summed E-state index contributed by atoms with van der Waals surface area (Å²) < 4.78 is 3.26. The Labute approximate surface area is 160 Å². The van der Waals surface area contributed by atoms with Gasteiger partial charge in [-0.2, -0.15) is 10.1 Å². The third-order valence-electron chi connectivity index (χ3n) is 5.36. The molecule has 0 saturated carbocycles. The standard InChI is InChI=1S/C19H20N8O/c1-24-18(28)15-11-22-25(2)17(15)23-19(24)27-7-5-26(6-8-27)14-3-4-16-13(9-14)10-20-12-21-16/h3-4,9-12H,5-8H2,1-2H3. The van der Waals surface area contributed by atoms with Crippen LogP contribution in [0.3, 0.4) is 0 Å². The van der Waals surface area contributed by atoms with Crippen molar-refractivity contribution >= 4 is 33.6 Å². The lowest BCUT2D eigenvalue weighted by Gasteiger charge is -2.37. The number of nitrogens with zero attached hydrogens (tertiary/aromatic N) is 8. The van der Waals surface area contributed by atoms with Crippen molar-refractivity contribution in [2.24, 2.45) is 14.1 Å². The summed E-state index contributed by atoms with van der Waals surface area (Å²) in [5.41, 5.74) is 2.66. The van der Waals surface area contributed by atoms with Crippen molar-refractivity contribution in [3.05, 3.63) is 47.3 Å². The monoisotopic (exact) mass is 376 g/mol. The molecule has 0 spiro atoms. The fraction of sp³-hybridized carbons (Fsp3) is 0.316. The first kappa shape index (κ1) is 16.7. The topological polar surface area (TPSA) is 85.0 Å². The van der Waals surface area contributed by atoms with E-state index in [1.807, 2.05) is 12.3 Å². The van der Waals surface area contributed by atoms with E-state index in [0.717, 1.165) is 42.8 Å². The van der Waals surface area contributed by atoms with E-state index in [4.69, 9.17) is 4.98 Å². The van der Waals surface area contributed by atoms with Crippen LogP contribution in [0, 0.1) is 0 Å². The maximum atomic E-state index is 12.6. The minimum atomic E-state index is -0.0648. The predicted octanol–water partition coefficient (Wildman–Crippen LogP) is 0.937. The van der Waals surface area contributed by atoms with Gasteiger partial charge in [0.25, 0.3) is 5.56 Å². The van der Waals surface area contributed by atoms with E-state index < -0.39 is 0 Å². The smallest absolute Gasteiger partial charge is 0.265 e. The molecular weight excluding hydrogens is 356 g/mol. The van der Waals surface area contributed by atoms with Crippen LogP contribution in [0.4, 0.5) is 11.6 Å². The third-order valence-corrected chi connectivity index (χ3v) is 5.36. The van der Waals surface area contributed by atoms with E-state index in [-0.39, 0.29) is 5.56 Å². The summed E-state index contributed by atoms with van der Waals surface area (Å²) in [6.07, 6.45) is 4.98. The molecule has 1 aromatic carbocycles. The van der Waals surface area contributed by atoms with Crippen LogP contribution < -0.4 is 15.4 Å². The van der Waals surface area contributed by atoms with Crippen LogP contribution in [-0.4, -0.2) is 55.5 Å². The van der Waals surface area contributed by atoms with Crippen molar-refractivity contribution in [1.29, 1.82) is 0 Å². The first-order valence-electron chi connectivity index (χ1n) is 9.20. The van der Waals surface area contributed by atoms with Crippen molar-refractivity contribution in [3.63, 3.8) is 0 Å². The van der Waals surface area contributed by atoms with Crippen LogP contribution in [-0.2, 0) is 14.1 Å². The van der Waals surface area contributed by atoms with Crippen LogP contribution in [0.1, 0.15) is 0 Å². The third kappa shape index (κ3) is 2.58. The number of hydrogen-bond acceptors (Lipinski definition) is 7. The molecule has 0 unspecified atom stereocenters. The van der Waals surface area contributed by atoms with Gasteiger partial charge < -0.3 is 9.80 Å². The molecule has 1 aliphatic rings. The van der Waals surface area contributed by atoms with Crippen molar-refractivity contribution in [2.75, 3.05) is 36.0 Å². The first-order valence-corrected chi connectivity index (χ1v) is 9.20. The molecule has 3 aromatic heterocycles. The molecule has 0 radical (unpaired) electrons. The number of fused-ring (bicyclic) bond motifs is 2. The Morgan fingerprint density at radius 3 is 2.61 bits per heavy atom. The Kier molecular flexibility index (Phi) is 3.75. The average molecular weight is 376 g/mol. The van der Waals surface area contributed by atoms with Crippen molar-refractivity contribution in [2.45, 2.75) is 0 Å². The van der Waals surface area contributed by atoms with Crippen molar-refractivity contribution in [3.8, 4) is 0 Å².